The van der Waals surface area contributed by atoms with E-state index in [0.29, 0.717) is 10.9 Å². The lowest BCUT2D eigenvalue weighted by Gasteiger charge is -2.09. The van der Waals surface area contributed by atoms with E-state index < -0.39 is 0 Å². The maximum atomic E-state index is 13.0. The van der Waals surface area contributed by atoms with Crippen LogP contribution in [0.15, 0.2) is 54.6 Å². The average molecular weight is 295 g/mol. The third-order valence-corrected chi connectivity index (χ3v) is 3.24. The van der Waals surface area contributed by atoms with Crippen molar-refractivity contribution >= 4 is 28.8 Å². The molecule has 2 aromatic rings. The fourth-order valence-corrected chi connectivity index (χ4v) is 2.10. The molecule has 0 spiro atoms. The van der Waals surface area contributed by atoms with Crippen molar-refractivity contribution in [3.05, 3.63) is 76.6 Å². The Kier molecular flexibility index (Phi) is 5.00. The summed E-state index contributed by atoms with van der Waals surface area (Å²) in [6.45, 7) is 0. The van der Waals surface area contributed by atoms with Gasteiger partial charge in [-0.1, -0.05) is 41.9 Å². The third-order valence-electron chi connectivity index (χ3n) is 2.77. The van der Waals surface area contributed by atoms with Crippen LogP contribution < -0.4 is 0 Å². The molecule has 0 aromatic heterocycles. The zero-order valence-corrected chi connectivity index (χ0v) is 11.8. The van der Waals surface area contributed by atoms with E-state index in [-0.39, 0.29) is 5.82 Å². The molecule has 2 aromatic carbocycles. The Balaban J connectivity index is 2.41. The monoisotopic (exact) mass is 294 g/mol. The first kappa shape index (κ1) is 14.1. The summed E-state index contributed by atoms with van der Waals surface area (Å²) in [5.74, 6) is 0.315. The van der Waals surface area contributed by atoms with Crippen molar-refractivity contribution in [2.75, 3.05) is 5.88 Å². The summed E-state index contributed by atoms with van der Waals surface area (Å²) in [6.07, 6.45) is 2.82. The predicted molar refractivity (Wildman–Crippen MR) is 80.3 cm³/mol. The molecular weight excluding hydrogens is 282 g/mol. The highest BCUT2D eigenvalue weighted by molar-refractivity contribution is 6.30. The minimum absolute atomic E-state index is 0.239. The number of alkyl halides is 1. The summed E-state index contributed by atoms with van der Waals surface area (Å²) in [5.41, 5.74) is 3.05. The minimum atomic E-state index is -0.239. The van der Waals surface area contributed by atoms with Crippen LogP contribution in [-0.2, 0) is 0 Å². The van der Waals surface area contributed by atoms with Crippen LogP contribution in [0, 0.1) is 5.82 Å². The number of rotatable bonds is 4. The molecule has 0 atom stereocenters. The van der Waals surface area contributed by atoms with Gasteiger partial charge in [0.1, 0.15) is 5.82 Å². The van der Waals surface area contributed by atoms with Gasteiger partial charge in [0, 0.05) is 10.9 Å². The topological polar surface area (TPSA) is 0 Å². The van der Waals surface area contributed by atoms with Crippen molar-refractivity contribution in [3.8, 4) is 0 Å². The largest absolute Gasteiger partial charge is 0.207 e. The fraction of sp³-hybridized carbons (Fsp3) is 0.125. The Hall–Kier alpha value is -1.31. The van der Waals surface area contributed by atoms with Gasteiger partial charge < -0.3 is 0 Å². The van der Waals surface area contributed by atoms with E-state index in [9.17, 15) is 4.39 Å². The third kappa shape index (κ3) is 3.82. The molecule has 0 amide bonds. The molecule has 0 aliphatic carbocycles. The number of allylic oxidation sites excluding steroid dienone is 1. The van der Waals surface area contributed by atoms with Crippen molar-refractivity contribution in [2.45, 2.75) is 6.42 Å². The summed E-state index contributed by atoms with van der Waals surface area (Å²) >= 11 is 11.6. The Labute approximate surface area is 122 Å². The van der Waals surface area contributed by atoms with Crippen molar-refractivity contribution in [3.63, 3.8) is 0 Å². The van der Waals surface area contributed by atoms with Gasteiger partial charge in [-0.25, -0.2) is 4.39 Å². The first-order valence-electron chi connectivity index (χ1n) is 5.98. The standard InChI is InChI=1S/C16H13Cl2F/c17-11-1-2-16(12-3-7-14(18)8-4-12)13-5-9-15(19)10-6-13/h2-10H,1,11H2/b16-2-. The van der Waals surface area contributed by atoms with Crippen LogP contribution >= 0.6 is 23.2 Å². The van der Waals surface area contributed by atoms with Crippen LogP contribution in [0.5, 0.6) is 0 Å². The molecular formula is C16H13Cl2F. The van der Waals surface area contributed by atoms with E-state index in [4.69, 9.17) is 23.2 Å². The Morgan fingerprint density at radius 3 is 2.00 bits per heavy atom. The molecule has 0 heterocycles. The van der Waals surface area contributed by atoms with E-state index >= 15 is 0 Å². The fourth-order valence-electron chi connectivity index (χ4n) is 1.86. The lowest BCUT2D eigenvalue weighted by molar-refractivity contribution is 0.627. The smallest absolute Gasteiger partial charge is 0.123 e. The van der Waals surface area contributed by atoms with Crippen LogP contribution in [0.2, 0.25) is 5.02 Å². The Morgan fingerprint density at radius 1 is 0.947 bits per heavy atom. The summed E-state index contributed by atoms with van der Waals surface area (Å²) < 4.78 is 13.0. The molecule has 0 N–H and O–H groups in total. The molecule has 0 nitrogen and oxygen atoms in total. The number of hydrogen-bond acceptors (Lipinski definition) is 0. The zero-order chi connectivity index (χ0) is 13.7. The second-order valence-electron chi connectivity index (χ2n) is 4.11. The Morgan fingerprint density at radius 2 is 1.47 bits per heavy atom. The molecule has 0 aliphatic rings. The molecule has 0 bridgehead atoms. The van der Waals surface area contributed by atoms with Gasteiger partial charge in [-0.3, -0.25) is 0 Å². The van der Waals surface area contributed by atoms with Crippen molar-refractivity contribution in [2.24, 2.45) is 0 Å². The number of halogens is 3. The summed E-state index contributed by atoms with van der Waals surface area (Å²) in [6, 6.07) is 14.0. The molecule has 0 aliphatic heterocycles. The van der Waals surface area contributed by atoms with Crippen LogP contribution in [-0.4, -0.2) is 5.88 Å². The highest BCUT2D eigenvalue weighted by atomic mass is 35.5. The van der Waals surface area contributed by atoms with Gasteiger partial charge >= 0.3 is 0 Å². The Bertz CT molecular complexity index is 509. The maximum absolute atomic E-state index is 13.0. The molecule has 98 valence electrons. The summed E-state index contributed by atoms with van der Waals surface area (Å²) in [4.78, 5) is 0. The molecule has 0 saturated heterocycles. The average Bonchev–Trinajstić information content (AvgIpc) is 2.43. The first-order chi connectivity index (χ1) is 9.20. The molecule has 0 saturated carbocycles. The van der Waals surface area contributed by atoms with Crippen molar-refractivity contribution < 1.29 is 4.39 Å². The van der Waals surface area contributed by atoms with Gasteiger partial charge in [-0.2, -0.15) is 0 Å². The number of benzene rings is 2. The molecule has 2 rings (SSSR count). The van der Waals surface area contributed by atoms with Gasteiger partial charge in [-0.15, -0.1) is 11.6 Å². The van der Waals surface area contributed by atoms with Gasteiger partial charge in [0.15, 0.2) is 0 Å². The second-order valence-corrected chi connectivity index (χ2v) is 4.92. The van der Waals surface area contributed by atoms with E-state index in [0.717, 1.165) is 23.1 Å². The van der Waals surface area contributed by atoms with E-state index in [1.54, 1.807) is 12.1 Å². The quantitative estimate of drug-likeness (QED) is 0.650. The van der Waals surface area contributed by atoms with E-state index in [2.05, 4.69) is 6.08 Å². The molecule has 19 heavy (non-hydrogen) atoms. The van der Waals surface area contributed by atoms with Gasteiger partial charge in [-0.05, 0) is 47.4 Å². The van der Waals surface area contributed by atoms with Crippen molar-refractivity contribution in [1.29, 1.82) is 0 Å². The second kappa shape index (κ2) is 6.74. The van der Waals surface area contributed by atoms with Crippen LogP contribution in [0.25, 0.3) is 5.57 Å². The molecule has 3 heteroatoms. The highest BCUT2D eigenvalue weighted by Gasteiger charge is 2.05. The maximum Gasteiger partial charge on any atom is 0.123 e. The zero-order valence-electron chi connectivity index (χ0n) is 10.2. The normalized spacial score (nSPS) is 11.6. The van der Waals surface area contributed by atoms with Crippen molar-refractivity contribution in [1.82, 2.24) is 0 Å². The molecule has 0 fully saturated rings. The minimum Gasteiger partial charge on any atom is -0.207 e. The van der Waals surface area contributed by atoms with E-state index in [1.807, 2.05) is 24.3 Å². The molecule has 0 radical (unpaired) electrons. The van der Waals surface area contributed by atoms with Crippen LogP contribution in [0.3, 0.4) is 0 Å². The van der Waals surface area contributed by atoms with Gasteiger partial charge in [0.2, 0.25) is 0 Å². The van der Waals surface area contributed by atoms with Gasteiger partial charge in [0.05, 0.1) is 0 Å². The van der Waals surface area contributed by atoms with Crippen LogP contribution in [0.1, 0.15) is 17.5 Å². The number of hydrogen-bond donors (Lipinski definition) is 0. The van der Waals surface area contributed by atoms with E-state index in [1.165, 1.54) is 12.1 Å². The molecule has 0 unspecified atom stereocenters. The lowest BCUT2D eigenvalue weighted by atomic mass is 9.97. The van der Waals surface area contributed by atoms with Crippen LogP contribution in [0.4, 0.5) is 4.39 Å². The lowest BCUT2D eigenvalue weighted by Crippen LogP contribution is -1.89. The predicted octanol–water partition coefficient (Wildman–Crippen LogP) is 5.54. The summed E-state index contributed by atoms with van der Waals surface area (Å²) in [5, 5.41) is 0.694. The SMILES string of the molecule is Fc1ccc(/C(=C\CCCl)c2ccc(Cl)cc2)cc1. The summed E-state index contributed by atoms with van der Waals surface area (Å²) in [7, 11) is 0. The first-order valence-corrected chi connectivity index (χ1v) is 6.90. The highest BCUT2D eigenvalue weighted by Crippen LogP contribution is 2.25. The van der Waals surface area contributed by atoms with Gasteiger partial charge in [0.25, 0.3) is 0 Å².